The van der Waals surface area contributed by atoms with Crippen molar-refractivity contribution in [1.29, 1.82) is 0 Å². The normalized spacial score (nSPS) is 40.9. The predicted molar refractivity (Wildman–Crippen MR) is 120 cm³/mol. The van der Waals surface area contributed by atoms with Crippen molar-refractivity contribution in [2.75, 3.05) is 6.61 Å². The summed E-state index contributed by atoms with van der Waals surface area (Å²) >= 11 is 0. The largest absolute Gasteiger partial charge is 0.478 e. The van der Waals surface area contributed by atoms with Crippen LogP contribution in [0, 0.1) is 28.6 Å². The highest BCUT2D eigenvalue weighted by Gasteiger charge is 2.68. The molecular formula is C25H34O9. The minimum atomic E-state index is -1.54. The molecule has 5 N–H and O–H groups in total. The number of carbonyl (C=O) groups excluding carboxylic acids is 2. The molecule has 0 aliphatic heterocycles. The maximum absolute atomic E-state index is 12.4. The lowest BCUT2D eigenvalue weighted by Crippen LogP contribution is -2.62. The molecule has 4 aliphatic carbocycles. The lowest BCUT2D eigenvalue weighted by atomic mass is 9.45. The first kappa shape index (κ1) is 26.2. The number of rotatable bonds is 4. The third-order valence-corrected chi connectivity index (χ3v) is 9.02. The van der Waals surface area contributed by atoms with Crippen LogP contribution in [0.15, 0.2) is 23.8 Å². The molecule has 0 radical (unpaired) electrons. The van der Waals surface area contributed by atoms with Gasteiger partial charge in [-0.05, 0) is 67.8 Å². The van der Waals surface area contributed by atoms with Crippen LogP contribution in [0.1, 0.15) is 58.8 Å². The SMILES string of the molecule is C[C@]12CCC(=O)C=C1CC[C@@H]1[C@@H]2[C@@H](O)C[C@@]2(C)[C@H]1CC[C@]2(O)C(=O)CO.O=C(O)/C=C\C(=O)O. The molecule has 188 valence electrons. The zero-order valence-electron chi connectivity index (χ0n) is 19.6. The van der Waals surface area contributed by atoms with Crippen molar-refractivity contribution < 1.29 is 44.7 Å². The second kappa shape index (κ2) is 9.36. The van der Waals surface area contributed by atoms with E-state index >= 15 is 0 Å². The van der Waals surface area contributed by atoms with Gasteiger partial charge in [0, 0.05) is 24.0 Å². The summed E-state index contributed by atoms with van der Waals surface area (Å²) in [6.45, 7) is 3.46. The highest BCUT2D eigenvalue weighted by Crippen LogP contribution is 2.67. The number of aliphatic hydroxyl groups is 3. The molecule has 9 heteroatoms. The van der Waals surface area contributed by atoms with Gasteiger partial charge in [-0.2, -0.15) is 0 Å². The highest BCUT2D eigenvalue weighted by molar-refractivity contribution is 5.92. The maximum atomic E-state index is 12.4. The van der Waals surface area contributed by atoms with Crippen LogP contribution in [-0.2, 0) is 19.2 Å². The van der Waals surface area contributed by atoms with E-state index in [-0.39, 0.29) is 29.0 Å². The van der Waals surface area contributed by atoms with Crippen molar-refractivity contribution in [3.63, 3.8) is 0 Å². The predicted octanol–water partition coefficient (Wildman–Crippen LogP) is 1.49. The van der Waals surface area contributed by atoms with Gasteiger partial charge < -0.3 is 25.5 Å². The average Bonchev–Trinajstić information content (AvgIpc) is 3.03. The third kappa shape index (κ3) is 4.25. The molecule has 0 aromatic rings. The number of ketones is 2. The number of carboxylic acid groups (broad SMARTS) is 2. The standard InChI is InChI=1S/C21H30O5.C4H4O4/c1-19-7-5-13(23)9-12(19)3-4-14-15-6-8-21(26,17(25)11-22)20(15,2)10-16(24)18(14)19;5-3(6)1-2-4(7)8/h9,14-16,18,22,24,26H,3-8,10-11H2,1-2H3;1-2H,(H,5,6)(H,7,8)/b;2-1-/t14-,15-,16-,18+,19-,20-,21-;/m0./s1. The fourth-order valence-corrected chi connectivity index (χ4v) is 7.42. The monoisotopic (exact) mass is 478 g/mol. The minimum Gasteiger partial charge on any atom is -0.478 e. The van der Waals surface area contributed by atoms with E-state index in [1.165, 1.54) is 5.57 Å². The molecule has 0 aromatic heterocycles. The number of carboxylic acids is 2. The van der Waals surface area contributed by atoms with Crippen LogP contribution >= 0.6 is 0 Å². The quantitative estimate of drug-likeness (QED) is 0.376. The lowest BCUT2D eigenvalue weighted by Gasteiger charge is -2.60. The number of hydrogen-bond acceptors (Lipinski definition) is 7. The summed E-state index contributed by atoms with van der Waals surface area (Å²) < 4.78 is 0. The molecule has 0 spiro atoms. The van der Waals surface area contributed by atoms with Crippen molar-refractivity contribution in [3.8, 4) is 0 Å². The summed E-state index contributed by atoms with van der Waals surface area (Å²) in [5.41, 5.74) is -1.23. The van der Waals surface area contributed by atoms with Crippen LogP contribution in [0.25, 0.3) is 0 Å². The fourth-order valence-electron chi connectivity index (χ4n) is 7.42. The molecule has 9 nitrogen and oxygen atoms in total. The van der Waals surface area contributed by atoms with E-state index in [9.17, 15) is 34.5 Å². The molecule has 7 atom stereocenters. The summed E-state index contributed by atoms with van der Waals surface area (Å²) in [7, 11) is 0. The first-order chi connectivity index (χ1) is 15.8. The van der Waals surface area contributed by atoms with Crippen molar-refractivity contribution in [2.24, 2.45) is 28.6 Å². The van der Waals surface area contributed by atoms with Crippen LogP contribution in [0.2, 0.25) is 0 Å². The first-order valence-corrected chi connectivity index (χ1v) is 11.7. The minimum absolute atomic E-state index is 0.0697. The Hall–Kier alpha value is -2.36. The van der Waals surface area contributed by atoms with E-state index in [1.807, 2.05) is 6.92 Å². The average molecular weight is 479 g/mol. The number of allylic oxidation sites excluding steroid dienone is 1. The van der Waals surface area contributed by atoms with Crippen LogP contribution in [0.3, 0.4) is 0 Å². The molecule has 0 amide bonds. The zero-order chi connectivity index (χ0) is 25.5. The van der Waals surface area contributed by atoms with Gasteiger partial charge in [0.1, 0.15) is 12.2 Å². The van der Waals surface area contributed by atoms with E-state index in [1.54, 1.807) is 6.08 Å². The second-order valence-corrected chi connectivity index (χ2v) is 10.6. The summed E-state index contributed by atoms with van der Waals surface area (Å²) in [5.74, 6) is -2.37. The Morgan fingerprint density at radius 2 is 1.68 bits per heavy atom. The molecule has 0 bridgehead atoms. The molecule has 3 fully saturated rings. The van der Waals surface area contributed by atoms with Gasteiger partial charge in [0.25, 0.3) is 0 Å². The Bertz CT molecular complexity index is 921. The number of Topliss-reactive ketones (excluding diaryl/α,β-unsaturated/α-hetero) is 1. The maximum Gasteiger partial charge on any atom is 0.328 e. The van der Waals surface area contributed by atoms with Crippen molar-refractivity contribution >= 4 is 23.5 Å². The molecule has 0 unspecified atom stereocenters. The summed E-state index contributed by atoms with van der Waals surface area (Å²) in [6, 6.07) is 0. The van der Waals surface area contributed by atoms with Gasteiger partial charge in [0.05, 0.1) is 6.10 Å². The highest BCUT2D eigenvalue weighted by atomic mass is 16.4. The number of aliphatic carboxylic acids is 2. The van der Waals surface area contributed by atoms with Gasteiger partial charge in [-0.25, -0.2) is 9.59 Å². The van der Waals surface area contributed by atoms with Gasteiger partial charge in [0.2, 0.25) is 0 Å². The van der Waals surface area contributed by atoms with Crippen LogP contribution < -0.4 is 0 Å². The number of carbonyl (C=O) groups is 4. The Kier molecular flexibility index (Phi) is 7.22. The Labute approximate surface area is 198 Å². The lowest BCUT2D eigenvalue weighted by molar-refractivity contribution is -0.182. The Morgan fingerprint density at radius 3 is 2.24 bits per heavy atom. The second-order valence-electron chi connectivity index (χ2n) is 10.6. The van der Waals surface area contributed by atoms with E-state index in [0.29, 0.717) is 31.4 Å². The first-order valence-electron chi connectivity index (χ1n) is 11.7. The number of aliphatic hydroxyl groups excluding tert-OH is 2. The Morgan fingerprint density at radius 1 is 1.06 bits per heavy atom. The zero-order valence-corrected chi connectivity index (χ0v) is 19.6. The fraction of sp³-hybridized carbons (Fsp3) is 0.680. The topological polar surface area (TPSA) is 169 Å². The number of hydrogen-bond donors (Lipinski definition) is 5. The van der Waals surface area contributed by atoms with Gasteiger partial charge >= 0.3 is 11.9 Å². The van der Waals surface area contributed by atoms with Gasteiger partial charge in [0.15, 0.2) is 11.6 Å². The van der Waals surface area contributed by atoms with E-state index in [0.717, 1.165) is 25.7 Å². The smallest absolute Gasteiger partial charge is 0.328 e. The van der Waals surface area contributed by atoms with Crippen molar-refractivity contribution in [3.05, 3.63) is 23.8 Å². The van der Waals surface area contributed by atoms with Gasteiger partial charge in [-0.1, -0.05) is 19.4 Å². The van der Waals surface area contributed by atoms with Crippen molar-refractivity contribution in [2.45, 2.75) is 70.5 Å². The summed E-state index contributed by atoms with van der Waals surface area (Å²) in [4.78, 5) is 43.4. The van der Waals surface area contributed by atoms with Crippen LogP contribution in [0.4, 0.5) is 0 Å². The van der Waals surface area contributed by atoms with Gasteiger partial charge in [-0.15, -0.1) is 0 Å². The molecule has 0 heterocycles. The molecule has 0 saturated heterocycles. The molecule has 4 aliphatic rings. The van der Waals surface area contributed by atoms with E-state index in [2.05, 4.69) is 6.92 Å². The number of fused-ring (bicyclic) bond motifs is 5. The molecule has 4 rings (SSSR count). The molecule has 34 heavy (non-hydrogen) atoms. The molecule has 3 saturated carbocycles. The summed E-state index contributed by atoms with van der Waals surface area (Å²) in [6.07, 6.45) is 6.85. The summed E-state index contributed by atoms with van der Waals surface area (Å²) in [5, 5.41) is 47.3. The molecular weight excluding hydrogens is 444 g/mol. The van der Waals surface area contributed by atoms with Crippen LogP contribution in [-0.4, -0.2) is 67.3 Å². The van der Waals surface area contributed by atoms with Crippen molar-refractivity contribution in [1.82, 2.24) is 0 Å². The third-order valence-electron chi connectivity index (χ3n) is 9.02. The molecule has 0 aromatic carbocycles. The van der Waals surface area contributed by atoms with E-state index in [4.69, 9.17) is 10.2 Å². The Balaban J connectivity index is 0.000000350. The van der Waals surface area contributed by atoms with Gasteiger partial charge in [-0.3, -0.25) is 9.59 Å². The van der Waals surface area contributed by atoms with E-state index < -0.39 is 41.4 Å². The van der Waals surface area contributed by atoms with Crippen LogP contribution in [0.5, 0.6) is 0 Å².